The minimum absolute atomic E-state index is 0.0460. The molecule has 1 aliphatic rings. The number of rotatable bonds is 21. The van der Waals surface area contributed by atoms with E-state index in [-0.39, 0.29) is 42.8 Å². The van der Waals surface area contributed by atoms with Gasteiger partial charge in [-0.1, -0.05) is 67.4 Å². The molecule has 4 aromatic rings. The van der Waals surface area contributed by atoms with Crippen molar-refractivity contribution in [3.63, 3.8) is 0 Å². The van der Waals surface area contributed by atoms with E-state index >= 15 is 0 Å². The van der Waals surface area contributed by atoms with Gasteiger partial charge in [0.2, 0.25) is 11.8 Å². The summed E-state index contributed by atoms with van der Waals surface area (Å²) >= 11 is 1.64. The van der Waals surface area contributed by atoms with Crippen molar-refractivity contribution in [1.29, 1.82) is 0 Å². The van der Waals surface area contributed by atoms with Crippen molar-refractivity contribution in [2.45, 2.75) is 70.3 Å². The first-order valence-corrected chi connectivity index (χ1v) is 21.1. The Labute approximate surface area is 341 Å². The Morgan fingerprint density at radius 2 is 1.49 bits per heavy atom. The average molecular weight is 798 g/mol. The van der Waals surface area contributed by atoms with Crippen LogP contribution in [0.4, 0.5) is 0 Å². The number of esters is 1. The summed E-state index contributed by atoms with van der Waals surface area (Å²) < 4.78 is 11.8. The van der Waals surface area contributed by atoms with Crippen LogP contribution in [-0.2, 0) is 36.7 Å². The highest BCUT2D eigenvalue weighted by molar-refractivity contribution is 7.18. The molecule has 11 nitrogen and oxygen atoms in total. The number of hydrogen-bond donors (Lipinski definition) is 0. The molecule has 1 aromatic heterocycles. The third-order valence-electron chi connectivity index (χ3n) is 10.7. The van der Waals surface area contributed by atoms with Crippen LogP contribution >= 0.6 is 11.3 Å². The van der Waals surface area contributed by atoms with E-state index in [2.05, 4.69) is 23.1 Å². The van der Waals surface area contributed by atoms with E-state index in [1.807, 2.05) is 66.5 Å². The molecule has 0 aliphatic carbocycles. The van der Waals surface area contributed by atoms with Crippen molar-refractivity contribution in [2.75, 3.05) is 74.1 Å². The summed E-state index contributed by atoms with van der Waals surface area (Å²) in [6.45, 7) is 4.37. The maximum absolute atomic E-state index is 13.1. The van der Waals surface area contributed by atoms with Crippen molar-refractivity contribution in [2.24, 2.45) is 0 Å². The molecular formula is C45H59N5O6S. The highest BCUT2D eigenvalue weighted by Crippen LogP contribution is 2.26. The number of likely N-dealkylation sites (N-methyl/N-ethyl adjacent to an activating group) is 2. The largest absolute Gasteiger partial charge is 0.462 e. The first-order valence-electron chi connectivity index (χ1n) is 20.3. The van der Waals surface area contributed by atoms with Gasteiger partial charge in [-0.2, -0.15) is 0 Å². The zero-order valence-electron chi connectivity index (χ0n) is 34.1. The monoisotopic (exact) mass is 797 g/mol. The molecule has 1 aliphatic heterocycles. The Morgan fingerprint density at radius 1 is 0.789 bits per heavy atom. The zero-order valence-corrected chi connectivity index (χ0v) is 34.9. The highest BCUT2D eigenvalue weighted by Gasteiger charge is 2.23. The minimum atomic E-state index is -0.182. The number of likely N-dealkylation sites (tertiary alicyclic amines) is 1. The van der Waals surface area contributed by atoms with Crippen LogP contribution in [0.15, 0.2) is 72.8 Å². The zero-order chi connectivity index (χ0) is 40.6. The molecule has 1 saturated heterocycles. The lowest BCUT2D eigenvalue weighted by molar-refractivity contribution is -0.150. The maximum Gasteiger partial charge on any atom is 0.310 e. The number of aryl methyl sites for hydroxylation is 1. The number of carbonyl (C=O) groups is 4. The van der Waals surface area contributed by atoms with Gasteiger partial charge in [-0.25, -0.2) is 4.98 Å². The molecular weight excluding hydrogens is 739 g/mol. The van der Waals surface area contributed by atoms with Gasteiger partial charge in [-0.15, -0.1) is 11.3 Å². The summed E-state index contributed by atoms with van der Waals surface area (Å²) in [5.41, 5.74) is 4.68. The summed E-state index contributed by atoms with van der Waals surface area (Å²) in [4.78, 5) is 63.0. The van der Waals surface area contributed by atoms with Gasteiger partial charge < -0.3 is 29.1 Å². The fraction of sp³-hybridized carbons (Fsp3) is 0.489. The first-order chi connectivity index (χ1) is 27.6. The van der Waals surface area contributed by atoms with Crippen LogP contribution in [0.2, 0.25) is 0 Å². The van der Waals surface area contributed by atoms with Crippen LogP contribution in [0.1, 0.15) is 72.3 Å². The Kier molecular flexibility index (Phi) is 17.0. The topological polar surface area (TPSA) is 113 Å². The summed E-state index contributed by atoms with van der Waals surface area (Å²) in [5.74, 6) is -0.123. The van der Waals surface area contributed by atoms with Gasteiger partial charge >= 0.3 is 5.97 Å². The lowest BCUT2D eigenvalue weighted by Gasteiger charge is -2.32. The molecule has 12 heteroatoms. The molecule has 0 spiro atoms. The standard InChI is InChI=1S/C45H59N5O6S/c1-47(43(52)33-55-4)25-14-26-49(3)45(54)36-21-22-39-40(31-36)57-41(46-39)19-10-5-6-11-20-42(51)48(2)29-30-50-27-23-37(24-28-50)56-44(53)32-35-17-12-13-18-38(35)34-15-8-7-9-16-34/h7-9,12-13,15-18,21-22,31,37H,5-6,10-11,14,19-20,23-30,32-33H2,1-4H3. The van der Waals surface area contributed by atoms with Gasteiger partial charge in [0.15, 0.2) is 0 Å². The smallest absolute Gasteiger partial charge is 0.310 e. The lowest BCUT2D eigenvalue weighted by atomic mass is 9.98. The molecule has 3 aromatic carbocycles. The van der Waals surface area contributed by atoms with Crippen LogP contribution in [0.5, 0.6) is 0 Å². The molecule has 0 radical (unpaired) electrons. The van der Waals surface area contributed by atoms with E-state index in [1.165, 1.54) is 7.11 Å². The molecule has 1 fully saturated rings. The SMILES string of the molecule is COCC(=O)N(C)CCCN(C)C(=O)c1ccc2nc(CCCCCCC(=O)N(C)CCN3CCC(OC(=O)Cc4ccccc4-c4ccccc4)CC3)sc2c1. The van der Waals surface area contributed by atoms with Crippen molar-refractivity contribution in [3.8, 4) is 11.1 Å². The number of nitrogens with zero attached hydrogens (tertiary/aromatic N) is 5. The number of amides is 3. The highest BCUT2D eigenvalue weighted by atomic mass is 32.1. The number of ether oxygens (including phenoxy) is 2. The lowest BCUT2D eigenvalue weighted by Crippen LogP contribution is -2.42. The third kappa shape index (κ3) is 13.5. The number of carbonyl (C=O) groups excluding carboxylic acids is 4. The second-order valence-corrected chi connectivity index (χ2v) is 16.2. The van der Waals surface area contributed by atoms with Gasteiger partial charge in [0.25, 0.3) is 5.91 Å². The Hall–Kier alpha value is -4.65. The average Bonchev–Trinajstić information content (AvgIpc) is 3.64. The molecule has 0 unspecified atom stereocenters. The van der Waals surface area contributed by atoms with Crippen LogP contribution in [0.25, 0.3) is 21.3 Å². The molecule has 5 rings (SSSR count). The van der Waals surface area contributed by atoms with Crippen LogP contribution < -0.4 is 0 Å². The van der Waals surface area contributed by atoms with Gasteiger partial charge in [0, 0.05) is 79.5 Å². The second kappa shape index (κ2) is 22.3. The quantitative estimate of drug-likeness (QED) is 0.0675. The van der Waals surface area contributed by atoms with Gasteiger partial charge in [-0.3, -0.25) is 19.2 Å². The van der Waals surface area contributed by atoms with Crippen LogP contribution in [0.3, 0.4) is 0 Å². The summed E-state index contributed by atoms with van der Waals surface area (Å²) in [5, 5.41) is 1.06. The summed E-state index contributed by atoms with van der Waals surface area (Å²) in [7, 11) is 6.92. The van der Waals surface area contributed by atoms with E-state index < -0.39 is 0 Å². The normalized spacial score (nSPS) is 13.4. The molecule has 0 N–H and O–H groups in total. The molecule has 306 valence electrons. The third-order valence-corrected chi connectivity index (χ3v) is 11.8. The van der Waals surface area contributed by atoms with E-state index in [0.29, 0.717) is 38.0 Å². The summed E-state index contributed by atoms with van der Waals surface area (Å²) in [6, 6.07) is 23.8. The molecule has 2 heterocycles. The van der Waals surface area contributed by atoms with Crippen molar-refractivity contribution in [1.82, 2.24) is 24.6 Å². The number of aromatic nitrogens is 1. The number of piperidine rings is 1. The first kappa shape index (κ1) is 43.5. The van der Waals surface area contributed by atoms with E-state index in [9.17, 15) is 19.2 Å². The number of hydrogen-bond acceptors (Lipinski definition) is 9. The number of unbranched alkanes of at least 4 members (excludes halogenated alkanes) is 3. The molecule has 0 saturated carbocycles. The fourth-order valence-electron chi connectivity index (χ4n) is 7.16. The number of thiazole rings is 1. The summed E-state index contributed by atoms with van der Waals surface area (Å²) in [6.07, 6.45) is 7.82. The Balaban J connectivity index is 0.921. The number of methoxy groups -OCH3 is 1. The predicted molar refractivity (Wildman–Crippen MR) is 226 cm³/mol. The Morgan fingerprint density at radius 3 is 2.26 bits per heavy atom. The molecule has 57 heavy (non-hydrogen) atoms. The molecule has 3 amide bonds. The Bertz CT molecular complexity index is 1910. The number of fused-ring (bicyclic) bond motifs is 1. The van der Waals surface area contributed by atoms with Crippen LogP contribution in [0, 0.1) is 0 Å². The fourth-order valence-corrected chi connectivity index (χ4v) is 8.21. The second-order valence-electron chi connectivity index (χ2n) is 15.1. The van der Waals surface area contributed by atoms with Gasteiger partial charge in [-0.05, 0) is 73.4 Å². The van der Waals surface area contributed by atoms with Crippen molar-refractivity contribution < 1.29 is 28.7 Å². The molecule has 0 bridgehead atoms. The number of benzene rings is 3. The minimum Gasteiger partial charge on any atom is -0.462 e. The van der Waals surface area contributed by atoms with Gasteiger partial charge in [0.05, 0.1) is 21.6 Å². The van der Waals surface area contributed by atoms with Crippen molar-refractivity contribution >= 4 is 45.2 Å². The maximum atomic E-state index is 13.1. The van der Waals surface area contributed by atoms with E-state index in [1.54, 1.807) is 35.2 Å². The van der Waals surface area contributed by atoms with Crippen LogP contribution in [-0.4, -0.2) is 129 Å². The predicted octanol–water partition coefficient (Wildman–Crippen LogP) is 6.73. The molecule has 0 atom stereocenters. The van der Waals surface area contributed by atoms with E-state index in [0.717, 1.165) is 96.5 Å². The van der Waals surface area contributed by atoms with Crippen molar-refractivity contribution in [3.05, 3.63) is 88.9 Å². The van der Waals surface area contributed by atoms with Gasteiger partial charge in [0.1, 0.15) is 12.7 Å². The van der Waals surface area contributed by atoms with E-state index in [4.69, 9.17) is 14.5 Å².